The van der Waals surface area contributed by atoms with Gasteiger partial charge in [0.1, 0.15) is 6.61 Å². The van der Waals surface area contributed by atoms with Crippen LogP contribution in [0, 0.1) is 0 Å². The maximum absolute atomic E-state index is 12.1. The third-order valence-electron chi connectivity index (χ3n) is 3.33. The highest BCUT2D eigenvalue weighted by molar-refractivity contribution is 5.80. The average molecular weight is 350 g/mol. The summed E-state index contributed by atoms with van der Waals surface area (Å²) in [5, 5.41) is 14.2. The van der Waals surface area contributed by atoms with Crippen molar-refractivity contribution < 1.29 is 24.2 Å². The van der Waals surface area contributed by atoms with Crippen molar-refractivity contribution in [1.82, 2.24) is 10.6 Å². The number of amides is 2. The number of benzene rings is 1. The molecule has 0 radical (unpaired) electrons. The lowest BCUT2D eigenvalue weighted by atomic mass is 9.97. The molecule has 0 aliphatic heterocycles. The molecule has 0 aromatic heterocycles. The second-order valence-corrected chi connectivity index (χ2v) is 7.25. The SMILES string of the molecule is CC(C)(CC(=O)O)NC(=O)CC(C)(C)NC(=O)OCc1ccccc1. The van der Waals surface area contributed by atoms with Gasteiger partial charge >= 0.3 is 12.1 Å². The number of carbonyl (C=O) groups is 3. The zero-order valence-electron chi connectivity index (χ0n) is 15.1. The van der Waals surface area contributed by atoms with Crippen molar-refractivity contribution in [2.45, 2.75) is 58.2 Å². The molecule has 3 N–H and O–H groups in total. The second-order valence-electron chi connectivity index (χ2n) is 7.25. The van der Waals surface area contributed by atoms with E-state index in [9.17, 15) is 14.4 Å². The van der Waals surface area contributed by atoms with Gasteiger partial charge in [-0.15, -0.1) is 0 Å². The summed E-state index contributed by atoms with van der Waals surface area (Å²) in [5.41, 5.74) is -0.840. The summed E-state index contributed by atoms with van der Waals surface area (Å²) in [6.45, 7) is 6.79. The van der Waals surface area contributed by atoms with E-state index in [0.717, 1.165) is 5.56 Å². The highest BCUT2D eigenvalue weighted by atomic mass is 16.5. The fourth-order valence-electron chi connectivity index (χ4n) is 2.32. The van der Waals surface area contributed by atoms with Gasteiger partial charge in [0.15, 0.2) is 0 Å². The van der Waals surface area contributed by atoms with Gasteiger partial charge in [-0.1, -0.05) is 30.3 Å². The van der Waals surface area contributed by atoms with Crippen molar-refractivity contribution in [2.75, 3.05) is 0 Å². The van der Waals surface area contributed by atoms with Crippen LogP contribution in [0.25, 0.3) is 0 Å². The van der Waals surface area contributed by atoms with E-state index in [1.165, 1.54) is 0 Å². The van der Waals surface area contributed by atoms with E-state index >= 15 is 0 Å². The van der Waals surface area contributed by atoms with E-state index in [2.05, 4.69) is 10.6 Å². The Kier molecular flexibility index (Phi) is 6.97. The standard InChI is InChI=1S/C18H26N2O5/c1-17(2,10-14(21)19-18(3,4)11-15(22)23)20-16(24)25-12-13-8-6-5-7-9-13/h5-9H,10-12H2,1-4H3,(H,19,21)(H,20,24)(H,22,23). The minimum absolute atomic E-state index is 0.00349. The van der Waals surface area contributed by atoms with Crippen LogP contribution in [0.1, 0.15) is 46.1 Å². The molecule has 0 aliphatic carbocycles. The van der Waals surface area contributed by atoms with E-state index in [1.807, 2.05) is 30.3 Å². The maximum atomic E-state index is 12.1. The summed E-state index contributed by atoms with van der Waals surface area (Å²) < 4.78 is 5.14. The summed E-state index contributed by atoms with van der Waals surface area (Å²) in [5.74, 6) is -1.34. The van der Waals surface area contributed by atoms with Crippen LogP contribution in [0.4, 0.5) is 4.79 Å². The lowest BCUT2D eigenvalue weighted by Crippen LogP contribution is -2.51. The number of ether oxygens (including phenoxy) is 1. The molecule has 25 heavy (non-hydrogen) atoms. The monoisotopic (exact) mass is 350 g/mol. The molecule has 7 heteroatoms. The summed E-state index contributed by atoms with van der Waals surface area (Å²) in [7, 11) is 0. The Labute approximate surface area is 147 Å². The second kappa shape index (κ2) is 8.50. The molecule has 0 fully saturated rings. The van der Waals surface area contributed by atoms with Gasteiger partial charge in [-0.25, -0.2) is 4.79 Å². The molecule has 1 rings (SSSR count). The summed E-state index contributed by atoms with van der Waals surface area (Å²) in [6.07, 6.45) is -0.811. The Hall–Kier alpha value is -2.57. The van der Waals surface area contributed by atoms with Crippen LogP contribution in [0.2, 0.25) is 0 Å². The Morgan fingerprint density at radius 1 is 0.960 bits per heavy atom. The lowest BCUT2D eigenvalue weighted by Gasteiger charge is -2.29. The summed E-state index contributed by atoms with van der Waals surface area (Å²) in [4.78, 5) is 34.8. The fourth-order valence-corrected chi connectivity index (χ4v) is 2.32. The van der Waals surface area contributed by atoms with Gasteiger partial charge in [0.05, 0.1) is 6.42 Å². The Balaban J connectivity index is 2.47. The first-order valence-electron chi connectivity index (χ1n) is 8.01. The quantitative estimate of drug-likeness (QED) is 0.668. The molecule has 0 bridgehead atoms. The molecule has 0 unspecified atom stereocenters. The molecule has 138 valence electrons. The Bertz CT molecular complexity index is 611. The van der Waals surface area contributed by atoms with Gasteiger partial charge in [0, 0.05) is 17.5 Å². The Morgan fingerprint density at radius 3 is 2.08 bits per heavy atom. The van der Waals surface area contributed by atoms with Crippen LogP contribution in [-0.2, 0) is 20.9 Å². The fraction of sp³-hybridized carbons (Fsp3) is 0.500. The van der Waals surface area contributed by atoms with Gasteiger partial charge < -0.3 is 20.5 Å². The van der Waals surface area contributed by atoms with Crippen LogP contribution in [-0.4, -0.2) is 34.2 Å². The van der Waals surface area contributed by atoms with E-state index in [4.69, 9.17) is 9.84 Å². The molecule has 2 amide bonds. The number of hydrogen-bond acceptors (Lipinski definition) is 4. The maximum Gasteiger partial charge on any atom is 0.407 e. The normalized spacial score (nSPS) is 11.5. The highest BCUT2D eigenvalue weighted by Gasteiger charge is 2.29. The van der Waals surface area contributed by atoms with Crippen molar-refractivity contribution in [3.63, 3.8) is 0 Å². The molecule has 1 aromatic carbocycles. The van der Waals surface area contributed by atoms with Crippen molar-refractivity contribution in [3.05, 3.63) is 35.9 Å². The van der Waals surface area contributed by atoms with E-state index in [0.29, 0.717) is 0 Å². The number of aliphatic carboxylic acids is 1. The molecule has 0 atom stereocenters. The van der Waals surface area contributed by atoms with Crippen LogP contribution in [0.15, 0.2) is 30.3 Å². The summed E-state index contributed by atoms with van der Waals surface area (Å²) in [6, 6.07) is 9.26. The number of nitrogens with one attached hydrogen (secondary N) is 2. The first kappa shape index (κ1) is 20.5. The number of carboxylic acids is 1. The molecule has 0 aliphatic rings. The molecule has 1 aromatic rings. The van der Waals surface area contributed by atoms with Crippen molar-refractivity contribution in [2.24, 2.45) is 0 Å². The van der Waals surface area contributed by atoms with Gasteiger partial charge in [-0.2, -0.15) is 0 Å². The molecule has 0 heterocycles. The Morgan fingerprint density at radius 2 is 1.52 bits per heavy atom. The van der Waals surface area contributed by atoms with Gasteiger partial charge in [-0.05, 0) is 33.3 Å². The molecule has 0 spiro atoms. The van der Waals surface area contributed by atoms with Crippen molar-refractivity contribution in [1.29, 1.82) is 0 Å². The van der Waals surface area contributed by atoms with E-state index in [-0.39, 0.29) is 25.4 Å². The first-order chi connectivity index (χ1) is 11.5. The predicted octanol–water partition coefficient (Wildman–Crippen LogP) is 2.45. The zero-order chi connectivity index (χ0) is 19.1. The number of carboxylic acid groups (broad SMARTS) is 1. The number of alkyl carbamates (subject to hydrolysis) is 1. The van der Waals surface area contributed by atoms with Crippen LogP contribution in [0.3, 0.4) is 0 Å². The van der Waals surface area contributed by atoms with E-state index < -0.39 is 23.1 Å². The summed E-state index contributed by atoms with van der Waals surface area (Å²) >= 11 is 0. The predicted molar refractivity (Wildman–Crippen MR) is 92.9 cm³/mol. The molecule has 0 saturated heterocycles. The third kappa shape index (κ3) is 8.74. The van der Waals surface area contributed by atoms with Gasteiger partial charge in [0.2, 0.25) is 5.91 Å². The van der Waals surface area contributed by atoms with Crippen molar-refractivity contribution in [3.8, 4) is 0 Å². The molecule has 7 nitrogen and oxygen atoms in total. The smallest absolute Gasteiger partial charge is 0.407 e. The topological polar surface area (TPSA) is 105 Å². The minimum Gasteiger partial charge on any atom is -0.481 e. The zero-order valence-corrected chi connectivity index (χ0v) is 15.1. The third-order valence-corrected chi connectivity index (χ3v) is 3.33. The number of rotatable bonds is 8. The average Bonchev–Trinajstić information content (AvgIpc) is 2.42. The first-order valence-corrected chi connectivity index (χ1v) is 8.01. The van der Waals surface area contributed by atoms with Crippen molar-refractivity contribution >= 4 is 18.0 Å². The van der Waals surface area contributed by atoms with Gasteiger partial charge in [-0.3, -0.25) is 9.59 Å². The highest BCUT2D eigenvalue weighted by Crippen LogP contribution is 2.13. The van der Waals surface area contributed by atoms with Gasteiger partial charge in [0.25, 0.3) is 0 Å². The number of carbonyl (C=O) groups excluding carboxylic acids is 2. The minimum atomic E-state index is -0.993. The number of hydrogen-bond donors (Lipinski definition) is 3. The largest absolute Gasteiger partial charge is 0.481 e. The van der Waals surface area contributed by atoms with E-state index in [1.54, 1.807) is 27.7 Å². The molecule has 0 saturated carbocycles. The van der Waals surface area contributed by atoms with Crippen LogP contribution >= 0.6 is 0 Å². The lowest BCUT2D eigenvalue weighted by molar-refractivity contribution is -0.138. The van der Waals surface area contributed by atoms with Crippen LogP contribution < -0.4 is 10.6 Å². The molecular weight excluding hydrogens is 324 g/mol. The molecular formula is C18H26N2O5. The van der Waals surface area contributed by atoms with Crippen LogP contribution in [0.5, 0.6) is 0 Å².